The highest BCUT2D eigenvalue weighted by molar-refractivity contribution is 7.99. The van der Waals surface area contributed by atoms with Gasteiger partial charge >= 0.3 is 0 Å². The molecule has 3 rings (SSSR count). The molecule has 0 aliphatic heterocycles. The quantitative estimate of drug-likeness (QED) is 0.756. The minimum atomic E-state index is 0.576. The molecule has 0 aliphatic rings. The first kappa shape index (κ1) is 10.9. The van der Waals surface area contributed by atoms with Gasteiger partial charge in [-0.3, -0.25) is 4.98 Å². The summed E-state index contributed by atoms with van der Waals surface area (Å²) < 4.78 is 0. The number of benzene rings is 1. The van der Waals surface area contributed by atoms with Crippen molar-refractivity contribution in [2.45, 2.75) is 10.1 Å². The molecule has 0 unspecified atom stereocenters. The van der Waals surface area contributed by atoms with Crippen LogP contribution in [0.1, 0.15) is 0 Å². The number of nitrogens with zero attached hydrogens (tertiary/aromatic N) is 4. The average molecular weight is 255 g/mol. The molecule has 0 spiro atoms. The number of aromatic nitrogens is 4. The number of rotatable bonds is 2. The fourth-order valence-electron chi connectivity index (χ4n) is 1.49. The van der Waals surface area contributed by atoms with E-state index in [1.165, 1.54) is 11.8 Å². The Kier molecular flexibility index (Phi) is 2.77. The summed E-state index contributed by atoms with van der Waals surface area (Å²) >= 11 is 1.38. The monoisotopic (exact) mass is 255 g/mol. The third kappa shape index (κ3) is 2.10. The van der Waals surface area contributed by atoms with Crippen molar-refractivity contribution < 1.29 is 0 Å². The number of nitrogen functional groups attached to an aromatic ring is 1. The summed E-state index contributed by atoms with van der Waals surface area (Å²) in [5, 5.41) is 8.76. The molecule has 0 atom stereocenters. The summed E-state index contributed by atoms with van der Waals surface area (Å²) in [5.41, 5.74) is 8.04. The second kappa shape index (κ2) is 4.58. The molecule has 2 aromatic heterocycles. The van der Waals surface area contributed by atoms with E-state index in [9.17, 15) is 0 Å². The SMILES string of the molecule is Nc1cnccc1Sc1nnc2ccccc2n1. The zero-order valence-electron chi connectivity index (χ0n) is 9.32. The van der Waals surface area contributed by atoms with Crippen molar-refractivity contribution >= 4 is 28.5 Å². The van der Waals surface area contributed by atoms with Crippen molar-refractivity contribution in [3.05, 3.63) is 42.7 Å². The first-order valence-electron chi connectivity index (χ1n) is 5.30. The predicted octanol–water partition coefficient (Wildman–Crippen LogP) is 2.15. The standard InChI is InChI=1S/C12H9N5S/c13-8-7-14-6-5-11(8)18-12-15-9-3-1-2-4-10(9)16-17-12/h1-7H,13H2. The lowest BCUT2D eigenvalue weighted by atomic mass is 10.3. The number of anilines is 1. The Bertz CT molecular complexity index is 701. The number of pyridine rings is 1. The Hall–Kier alpha value is -2.21. The van der Waals surface area contributed by atoms with E-state index in [1.54, 1.807) is 12.4 Å². The molecular formula is C12H9N5S. The van der Waals surface area contributed by atoms with Crippen LogP contribution in [0.25, 0.3) is 11.0 Å². The normalized spacial score (nSPS) is 10.7. The lowest BCUT2D eigenvalue weighted by molar-refractivity contribution is 0.880. The minimum absolute atomic E-state index is 0.576. The molecule has 0 bridgehead atoms. The smallest absolute Gasteiger partial charge is 0.214 e. The molecule has 5 nitrogen and oxygen atoms in total. The maximum atomic E-state index is 5.82. The topological polar surface area (TPSA) is 77.6 Å². The second-order valence-electron chi connectivity index (χ2n) is 3.60. The molecule has 0 saturated carbocycles. The van der Waals surface area contributed by atoms with Crippen LogP contribution in [0.15, 0.2) is 52.8 Å². The van der Waals surface area contributed by atoms with Crippen molar-refractivity contribution in [2.24, 2.45) is 0 Å². The molecule has 2 N–H and O–H groups in total. The van der Waals surface area contributed by atoms with Crippen LogP contribution in [0.3, 0.4) is 0 Å². The lowest BCUT2D eigenvalue weighted by Gasteiger charge is -2.03. The summed E-state index contributed by atoms with van der Waals surface area (Å²) in [6.07, 6.45) is 3.30. The van der Waals surface area contributed by atoms with Gasteiger partial charge in [-0.25, -0.2) is 4.98 Å². The van der Waals surface area contributed by atoms with Crippen LogP contribution in [0.4, 0.5) is 5.69 Å². The first-order valence-corrected chi connectivity index (χ1v) is 6.11. The van der Waals surface area contributed by atoms with Gasteiger partial charge in [-0.1, -0.05) is 12.1 Å². The van der Waals surface area contributed by atoms with E-state index in [0.29, 0.717) is 10.8 Å². The molecule has 6 heteroatoms. The fourth-order valence-corrected chi connectivity index (χ4v) is 2.22. The molecule has 88 valence electrons. The number of para-hydroxylation sites is 1. The molecular weight excluding hydrogens is 246 g/mol. The van der Waals surface area contributed by atoms with Gasteiger partial charge in [-0.05, 0) is 30.0 Å². The van der Waals surface area contributed by atoms with Gasteiger partial charge in [0.25, 0.3) is 0 Å². The number of nitrogens with two attached hydrogens (primary N) is 1. The highest BCUT2D eigenvalue weighted by Crippen LogP contribution is 2.28. The highest BCUT2D eigenvalue weighted by atomic mass is 32.2. The van der Waals surface area contributed by atoms with Gasteiger partial charge in [0.15, 0.2) is 0 Å². The van der Waals surface area contributed by atoms with Crippen molar-refractivity contribution in [2.75, 3.05) is 5.73 Å². The highest BCUT2D eigenvalue weighted by Gasteiger charge is 2.06. The summed E-state index contributed by atoms with van der Waals surface area (Å²) in [4.78, 5) is 9.24. The van der Waals surface area contributed by atoms with Crippen LogP contribution >= 0.6 is 11.8 Å². The third-order valence-corrected chi connectivity index (χ3v) is 3.30. The van der Waals surface area contributed by atoms with E-state index in [2.05, 4.69) is 20.2 Å². The van der Waals surface area contributed by atoms with Crippen LogP contribution in [0.5, 0.6) is 0 Å². The van der Waals surface area contributed by atoms with Gasteiger partial charge < -0.3 is 5.73 Å². The number of hydrogen-bond acceptors (Lipinski definition) is 6. The first-order chi connectivity index (χ1) is 8.83. The van der Waals surface area contributed by atoms with Gasteiger partial charge in [-0.15, -0.1) is 10.2 Å². The zero-order chi connectivity index (χ0) is 12.4. The molecule has 3 aromatic rings. The summed E-state index contributed by atoms with van der Waals surface area (Å²) in [6.45, 7) is 0. The van der Waals surface area contributed by atoms with Crippen molar-refractivity contribution in [1.82, 2.24) is 20.2 Å². The molecule has 0 aliphatic carbocycles. The van der Waals surface area contributed by atoms with Crippen molar-refractivity contribution in [1.29, 1.82) is 0 Å². The molecule has 1 aromatic carbocycles. The Morgan fingerprint density at radius 2 is 1.83 bits per heavy atom. The summed E-state index contributed by atoms with van der Waals surface area (Å²) in [6, 6.07) is 9.45. The van der Waals surface area contributed by atoms with E-state index < -0.39 is 0 Å². The Morgan fingerprint density at radius 1 is 1.00 bits per heavy atom. The summed E-state index contributed by atoms with van der Waals surface area (Å²) in [5.74, 6) is 0. The maximum absolute atomic E-state index is 5.82. The van der Waals surface area contributed by atoms with Crippen LogP contribution < -0.4 is 5.73 Å². The van der Waals surface area contributed by atoms with Crippen LogP contribution in [-0.4, -0.2) is 20.2 Å². The molecule has 0 fully saturated rings. The van der Waals surface area contributed by atoms with E-state index in [-0.39, 0.29) is 0 Å². The van der Waals surface area contributed by atoms with Gasteiger partial charge in [-0.2, -0.15) is 0 Å². The Balaban J connectivity index is 1.98. The molecule has 2 heterocycles. The van der Waals surface area contributed by atoms with Crippen molar-refractivity contribution in [3.8, 4) is 0 Å². The lowest BCUT2D eigenvalue weighted by Crippen LogP contribution is -1.94. The largest absolute Gasteiger partial charge is 0.397 e. The van der Waals surface area contributed by atoms with E-state index in [4.69, 9.17) is 5.73 Å². The molecule has 0 amide bonds. The van der Waals surface area contributed by atoms with Crippen LogP contribution in [-0.2, 0) is 0 Å². The van der Waals surface area contributed by atoms with E-state index in [1.807, 2.05) is 30.3 Å². The minimum Gasteiger partial charge on any atom is -0.397 e. The number of fused-ring (bicyclic) bond motifs is 1. The summed E-state index contributed by atoms with van der Waals surface area (Å²) in [7, 11) is 0. The van der Waals surface area contributed by atoms with Gasteiger partial charge in [0.1, 0.15) is 5.52 Å². The zero-order valence-corrected chi connectivity index (χ0v) is 10.1. The van der Waals surface area contributed by atoms with Crippen LogP contribution in [0, 0.1) is 0 Å². The Morgan fingerprint density at radius 3 is 2.67 bits per heavy atom. The predicted molar refractivity (Wildman–Crippen MR) is 70.1 cm³/mol. The fraction of sp³-hybridized carbons (Fsp3) is 0. The Labute approximate surface area is 107 Å². The van der Waals surface area contributed by atoms with Crippen LogP contribution in [0.2, 0.25) is 0 Å². The number of hydrogen-bond donors (Lipinski definition) is 1. The van der Waals surface area contributed by atoms with Gasteiger partial charge in [0.05, 0.1) is 17.4 Å². The van der Waals surface area contributed by atoms with Crippen molar-refractivity contribution in [3.63, 3.8) is 0 Å². The third-order valence-electron chi connectivity index (χ3n) is 2.35. The van der Waals surface area contributed by atoms with E-state index >= 15 is 0 Å². The molecule has 0 radical (unpaired) electrons. The second-order valence-corrected chi connectivity index (χ2v) is 4.61. The van der Waals surface area contributed by atoms with Gasteiger partial charge in [0, 0.05) is 11.1 Å². The average Bonchev–Trinajstić information content (AvgIpc) is 2.41. The molecule has 0 saturated heterocycles. The van der Waals surface area contributed by atoms with Gasteiger partial charge in [0.2, 0.25) is 5.16 Å². The van der Waals surface area contributed by atoms with E-state index in [0.717, 1.165) is 15.9 Å². The molecule has 18 heavy (non-hydrogen) atoms. The maximum Gasteiger partial charge on any atom is 0.214 e.